The summed E-state index contributed by atoms with van der Waals surface area (Å²) >= 11 is 0. The van der Waals surface area contributed by atoms with Gasteiger partial charge in [-0.2, -0.15) is 0 Å². The van der Waals surface area contributed by atoms with Gasteiger partial charge in [0.2, 0.25) is 5.95 Å². The summed E-state index contributed by atoms with van der Waals surface area (Å²) in [6.07, 6.45) is 2.66. The fraction of sp³-hybridized carbons (Fsp3) is 0.450. The van der Waals surface area contributed by atoms with Crippen molar-refractivity contribution in [2.24, 2.45) is 5.92 Å². The van der Waals surface area contributed by atoms with Gasteiger partial charge in [-0.25, -0.2) is 14.8 Å². The highest BCUT2D eigenvalue weighted by molar-refractivity contribution is 5.86. The predicted molar refractivity (Wildman–Crippen MR) is 103 cm³/mol. The Labute approximate surface area is 154 Å². The Hall–Kier alpha value is -2.63. The Kier molecular flexibility index (Phi) is 6.55. The molecule has 1 heterocycles. The molecule has 26 heavy (non-hydrogen) atoms. The molecule has 0 fully saturated rings. The van der Waals surface area contributed by atoms with Crippen LogP contribution in [0.15, 0.2) is 30.6 Å². The van der Waals surface area contributed by atoms with Gasteiger partial charge in [0, 0.05) is 24.6 Å². The first-order valence-corrected chi connectivity index (χ1v) is 8.93. The normalized spacial score (nSPS) is 11.0. The van der Waals surface area contributed by atoms with Crippen LogP contribution >= 0.6 is 0 Å². The van der Waals surface area contributed by atoms with E-state index in [1.54, 1.807) is 0 Å². The molecule has 1 aromatic heterocycles. The Morgan fingerprint density at radius 3 is 2.35 bits per heavy atom. The number of aromatic carboxylic acids is 1. The largest absolute Gasteiger partial charge is 0.493 e. The van der Waals surface area contributed by atoms with Crippen LogP contribution in [0.1, 0.15) is 56.5 Å². The Morgan fingerprint density at radius 1 is 1.19 bits per heavy atom. The Balaban J connectivity index is 2.35. The maximum Gasteiger partial charge on any atom is 0.338 e. The average Bonchev–Trinajstić information content (AvgIpc) is 2.61. The lowest BCUT2D eigenvalue weighted by atomic mass is 10.0. The summed E-state index contributed by atoms with van der Waals surface area (Å²) in [7, 11) is 0. The average molecular weight is 357 g/mol. The summed E-state index contributed by atoms with van der Waals surface area (Å²) < 4.78 is 5.96. The van der Waals surface area contributed by atoms with Crippen LogP contribution in [0.5, 0.6) is 5.75 Å². The molecule has 2 aromatic rings. The van der Waals surface area contributed by atoms with Crippen molar-refractivity contribution in [2.45, 2.75) is 40.5 Å². The summed E-state index contributed by atoms with van der Waals surface area (Å²) in [5.41, 5.74) is 2.16. The number of carboxylic acids is 1. The van der Waals surface area contributed by atoms with Crippen LogP contribution in [0.3, 0.4) is 0 Å². The molecule has 0 aliphatic rings. The van der Waals surface area contributed by atoms with Crippen molar-refractivity contribution in [3.05, 3.63) is 41.7 Å². The molecular formula is C20H27N3O3. The van der Waals surface area contributed by atoms with E-state index in [2.05, 4.69) is 43.7 Å². The second-order valence-electron chi connectivity index (χ2n) is 6.90. The lowest BCUT2D eigenvalue weighted by Gasteiger charge is -2.23. The van der Waals surface area contributed by atoms with Crippen molar-refractivity contribution in [3.63, 3.8) is 0 Å². The number of aromatic nitrogens is 2. The maximum absolute atomic E-state index is 11.0. The third-order valence-corrected chi connectivity index (χ3v) is 3.94. The molecule has 1 aromatic carbocycles. The van der Waals surface area contributed by atoms with Gasteiger partial charge in [-0.1, -0.05) is 27.7 Å². The maximum atomic E-state index is 11.0. The van der Waals surface area contributed by atoms with Gasteiger partial charge in [-0.15, -0.1) is 0 Å². The molecule has 0 amide bonds. The fourth-order valence-electron chi connectivity index (χ4n) is 2.55. The van der Waals surface area contributed by atoms with Gasteiger partial charge >= 0.3 is 5.97 Å². The van der Waals surface area contributed by atoms with E-state index >= 15 is 0 Å². The van der Waals surface area contributed by atoms with Crippen LogP contribution in [-0.4, -0.2) is 34.2 Å². The summed E-state index contributed by atoms with van der Waals surface area (Å²) in [5, 5.41) is 9.00. The molecule has 2 rings (SSSR count). The van der Waals surface area contributed by atoms with Crippen LogP contribution in [0.2, 0.25) is 0 Å². The minimum absolute atomic E-state index is 0.0742. The van der Waals surface area contributed by atoms with Crippen LogP contribution in [0.25, 0.3) is 0 Å². The van der Waals surface area contributed by atoms with Crippen LogP contribution < -0.4 is 9.64 Å². The number of nitrogens with zero attached hydrogens (tertiary/aromatic N) is 3. The first kappa shape index (κ1) is 19.7. The highest BCUT2D eigenvalue weighted by atomic mass is 16.5. The number of hydrogen-bond donors (Lipinski definition) is 1. The number of benzene rings is 1. The van der Waals surface area contributed by atoms with Crippen LogP contribution in [-0.2, 0) is 0 Å². The standard InChI is InChI=1S/C20H27N3O3/c1-6-23(20-21-10-15(11-22-20)19(24)25)16-7-8-18(26-12-13(2)3)17(9-16)14(4)5/h7-11,13-14H,6,12H2,1-5H3,(H,24,25). The van der Waals surface area contributed by atoms with E-state index in [9.17, 15) is 4.79 Å². The second-order valence-corrected chi connectivity index (χ2v) is 6.90. The van der Waals surface area contributed by atoms with Crippen molar-refractivity contribution in [2.75, 3.05) is 18.1 Å². The third kappa shape index (κ3) is 4.71. The summed E-state index contributed by atoms with van der Waals surface area (Å²) in [5.74, 6) is 1.11. The van der Waals surface area contributed by atoms with E-state index in [0.29, 0.717) is 30.9 Å². The monoisotopic (exact) mass is 357 g/mol. The van der Waals surface area contributed by atoms with Gasteiger partial charge in [0.05, 0.1) is 12.2 Å². The summed E-state index contributed by atoms with van der Waals surface area (Å²) in [6.45, 7) is 11.9. The van der Waals surface area contributed by atoms with Crippen LogP contribution in [0.4, 0.5) is 11.6 Å². The van der Waals surface area contributed by atoms with E-state index in [1.165, 1.54) is 12.4 Å². The summed E-state index contributed by atoms with van der Waals surface area (Å²) in [6, 6.07) is 6.07. The molecule has 6 nitrogen and oxygen atoms in total. The molecule has 0 aliphatic carbocycles. The quantitative estimate of drug-likeness (QED) is 0.750. The predicted octanol–water partition coefficient (Wildman–Crippen LogP) is 4.49. The van der Waals surface area contributed by atoms with Gasteiger partial charge in [-0.05, 0) is 42.5 Å². The molecule has 0 unspecified atom stereocenters. The van der Waals surface area contributed by atoms with Crippen LogP contribution in [0, 0.1) is 5.92 Å². The number of hydrogen-bond acceptors (Lipinski definition) is 5. The number of anilines is 2. The Bertz CT molecular complexity index is 742. The van der Waals surface area contributed by atoms with Gasteiger partial charge in [0.15, 0.2) is 0 Å². The number of ether oxygens (including phenoxy) is 1. The van der Waals surface area contributed by atoms with E-state index in [4.69, 9.17) is 9.84 Å². The van der Waals surface area contributed by atoms with Gasteiger partial charge in [0.25, 0.3) is 0 Å². The SMILES string of the molecule is CCN(c1ccc(OCC(C)C)c(C(C)C)c1)c1ncc(C(=O)O)cn1. The van der Waals surface area contributed by atoms with E-state index in [1.807, 2.05) is 24.0 Å². The molecule has 0 saturated heterocycles. The fourth-order valence-corrected chi connectivity index (χ4v) is 2.55. The molecule has 0 atom stereocenters. The first-order valence-electron chi connectivity index (χ1n) is 8.93. The van der Waals surface area contributed by atoms with Crippen molar-refractivity contribution in [1.29, 1.82) is 0 Å². The molecule has 0 spiro atoms. The first-order chi connectivity index (χ1) is 12.3. The highest BCUT2D eigenvalue weighted by Crippen LogP contribution is 2.33. The van der Waals surface area contributed by atoms with Gasteiger partial charge < -0.3 is 14.7 Å². The van der Waals surface area contributed by atoms with E-state index in [-0.39, 0.29) is 5.56 Å². The van der Waals surface area contributed by atoms with Crippen molar-refractivity contribution < 1.29 is 14.6 Å². The molecule has 0 radical (unpaired) electrons. The van der Waals surface area contributed by atoms with Crippen molar-refractivity contribution >= 4 is 17.6 Å². The molecule has 140 valence electrons. The second kappa shape index (κ2) is 8.65. The number of carbonyl (C=O) groups is 1. The molecule has 1 N–H and O–H groups in total. The van der Waals surface area contributed by atoms with E-state index < -0.39 is 5.97 Å². The molecule has 0 bridgehead atoms. The minimum Gasteiger partial charge on any atom is -0.493 e. The number of rotatable bonds is 8. The topological polar surface area (TPSA) is 75.5 Å². The lowest BCUT2D eigenvalue weighted by molar-refractivity contribution is 0.0696. The lowest BCUT2D eigenvalue weighted by Crippen LogP contribution is -2.19. The third-order valence-electron chi connectivity index (χ3n) is 3.94. The highest BCUT2D eigenvalue weighted by Gasteiger charge is 2.16. The van der Waals surface area contributed by atoms with E-state index in [0.717, 1.165) is 17.0 Å². The van der Waals surface area contributed by atoms with Crippen molar-refractivity contribution in [1.82, 2.24) is 9.97 Å². The summed E-state index contributed by atoms with van der Waals surface area (Å²) in [4.78, 5) is 21.3. The molecule has 6 heteroatoms. The zero-order chi connectivity index (χ0) is 19.3. The molecule has 0 saturated carbocycles. The molecular weight excluding hydrogens is 330 g/mol. The van der Waals surface area contributed by atoms with Crippen molar-refractivity contribution in [3.8, 4) is 5.75 Å². The molecule has 0 aliphatic heterocycles. The Morgan fingerprint density at radius 2 is 1.85 bits per heavy atom. The minimum atomic E-state index is -1.03. The van der Waals surface area contributed by atoms with Gasteiger partial charge in [-0.3, -0.25) is 0 Å². The zero-order valence-electron chi connectivity index (χ0n) is 16.1. The van der Waals surface area contributed by atoms with Gasteiger partial charge in [0.1, 0.15) is 5.75 Å². The zero-order valence-corrected chi connectivity index (χ0v) is 16.1. The smallest absolute Gasteiger partial charge is 0.338 e. The number of carboxylic acid groups (broad SMARTS) is 1.